The third kappa shape index (κ3) is 3.73. The lowest BCUT2D eigenvalue weighted by molar-refractivity contribution is -0.331. The molecular weight excluding hydrogens is 511 g/mol. The maximum atomic E-state index is 13.2. The van der Waals surface area contributed by atoms with Crippen LogP contribution < -0.4 is 0 Å². The summed E-state index contributed by atoms with van der Waals surface area (Å²) in [5, 5.41) is -8.13. The van der Waals surface area contributed by atoms with Gasteiger partial charge < -0.3 is 0 Å². The highest BCUT2D eigenvalue weighted by Gasteiger charge is 2.79. The van der Waals surface area contributed by atoms with Gasteiger partial charge in [0.05, 0.1) is 3.91 Å². The monoisotopic (exact) mass is 511 g/mol. The van der Waals surface area contributed by atoms with E-state index in [1.54, 1.807) is 0 Å². The van der Waals surface area contributed by atoms with Gasteiger partial charge in [0.15, 0.2) is 19.7 Å². The second-order valence-corrected chi connectivity index (χ2v) is 10.7. The minimum atomic E-state index is -9.03. The molecule has 0 radical (unpaired) electrons. The summed E-state index contributed by atoms with van der Waals surface area (Å²) in [5.74, 6) is -8.02. The summed E-state index contributed by atoms with van der Waals surface area (Å²) in [5.41, 5.74) is -14.9. The van der Waals surface area contributed by atoms with Crippen molar-refractivity contribution in [3.8, 4) is 0 Å². The highest BCUT2D eigenvalue weighted by Crippen LogP contribution is 2.55. The van der Waals surface area contributed by atoms with Crippen LogP contribution >= 0.6 is 0 Å². The molecule has 0 spiro atoms. The van der Waals surface area contributed by atoms with E-state index >= 15 is 0 Å². The first-order valence-corrected chi connectivity index (χ1v) is 9.63. The first-order chi connectivity index (χ1) is 11.6. The van der Waals surface area contributed by atoms with E-state index in [2.05, 4.69) is 0 Å². The first kappa shape index (κ1) is 26.9. The Hall–Kier alpha value is -1.06. The number of hydrogen-bond acceptors (Lipinski definition) is 6. The standard InChI is InChI=1S/C6F13O6S3/c7-2(8,3(9,10)11)4(12,13)26(20,21)1(27(22,23)5(14,15)16)28(24,25)6(17,18)19/q-1. The predicted octanol–water partition coefficient (Wildman–Crippen LogP) is 2.51. The molecule has 0 unspecified atom stereocenters. The molecule has 0 heterocycles. The molecular formula is C6F13O6S3-. The summed E-state index contributed by atoms with van der Waals surface area (Å²) in [4.78, 5) is 0. The average Bonchev–Trinajstić information content (AvgIpc) is 2.32. The molecule has 0 aromatic rings. The summed E-state index contributed by atoms with van der Waals surface area (Å²) in [7, 11) is -26.2. The summed E-state index contributed by atoms with van der Waals surface area (Å²) in [6.07, 6.45) is -7.70. The molecule has 0 aliphatic heterocycles. The van der Waals surface area contributed by atoms with E-state index < -0.39 is 61.8 Å². The normalized spacial score (nSPS) is 16.5. The SMILES string of the molecule is O=S(=O)([C-](S(=O)(=O)C(F)(F)F)S(=O)(=O)C(F)(F)C(F)(F)C(F)(F)F)C(F)(F)F. The van der Waals surface area contributed by atoms with Crippen LogP contribution in [0.3, 0.4) is 0 Å². The summed E-state index contributed by atoms with van der Waals surface area (Å²) in [6, 6.07) is 0. The van der Waals surface area contributed by atoms with Gasteiger partial charge >= 0.3 is 28.4 Å². The van der Waals surface area contributed by atoms with Crippen molar-refractivity contribution in [3.63, 3.8) is 0 Å². The molecule has 0 aliphatic carbocycles. The minimum Gasteiger partial charge on any atom is -0.254 e. The zero-order valence-corrected chi connectivity index (χ0v) is 14.0. The fourth-order valence-electron chi connectivity index (χ4n) is 1.06. The molecule has 28 heavy (non-hydrogen) atoms. The van der Waals surface area contributed by atoms with E-state index in [0.29, 0.717) is 0 Å². The Balaban J connectivity index is 7.45. The number of sulfone groups is 3. The van der Waals surface area contributed by atoms with E-state index in [-0.39, 0.29) is 0 Å². The molecule has 6 nitrogen and oxygen atoms in total. The quantitative estimate of drug-likeness (QED) is 0.416. The van der Waals surface area contributed by atoms with E-state index in [0.717, 1.165) is 0 Å². The van der Waals surface area contributed by atoms with E-state index in [9.17, 15) is 82.3 Å². The Kier molecular flexibility index (Phi) is 6.22. The number of halogens is 13. The molecule has 170 valence electrons. The van der Waals surface area contributed by atoms with E-state index in [1.165, 1.54) is 0 Å². The van der Waals surface area contributed by atoms with Crippen LogP contribution in [0.15, 0.2) is 0 Å². The zero-order chi connectivity index (χ0) is 23.6. The largest absolute Gasteiger partial charge is 0.470 e. The Morgan fingerprint density at radius 2 is 0.714 bits per heavy atom. The Labute approximate surface area is 145 Å². The van der Waals surface area contributed by atoms with Crippen molar-refractivity contribution in [1.29, 1.82) is 0 Å². The highest BCUT2D eigenvalue weighted by atomic mass is 32.3. The van der Waals surface area contributed by atoms with Crippen molar-refractivity contribution in [3.05, 3.63) is 3.91 Å². The van der Waals surface area contributed by atoms with Gasteiger partial charge in [0.1, 0.15) is 9.84 Å². The van der Waals surface area contributed by atoms with Gasteiger partial charge in [-0.25, -0.2) is 0 Å². The first-order valence-electron chi connectivity index (χ1n) is 5.18. The highest BCUT2D eigenvalue weighted by molar-refractivity contribution is 8.29. The maximum Gasteiger partial charge on any atom is 0.470 e. The Morgan fingerprint density at radius 1 is 0.464 bits per heavy atom. The second-order valence-electron chi connectivity index (χ2n) is 4.24. The van der Waals surface area contributed by atoms with Crippen LogP contribution in [0.25, 0.3) is 0 Å². The molecule has 0 fully saturated rings. The van der Waals surface area contributed by atoms with Crippen molar-refractivity contribution >= 4 is 29.5 Å². The van der Waals surface area contributed by atoms with Gasteiger partial charge in [-0.3, -0.25) is 25.3 Å². The molecule has 0 amide bonds. The summed E-state index contributed by atoms with van der Waals surface area (Å²) < 4.78 is 222. The molecule has 0 N–H and O–H groups in total. The van der Waals surface area contributed by atoms with Crippen LogP contribution in [0.1, 0.15) is 0 Å². The third-order valence-corrected chi connectivity index (χ3v) is 9.74. The molecule has 0 atom stereocenters. The van der Waals surface area contributed by atoms with E-state index in [1.807, 2.05) is 0 Å². The summed E-state index contributed by atoms with van der Waals surface area (Å²) >= 11 is 0. The van der Waals surface area contributed by atoms with Crippen LogP contribution in [0.5, 0.6) is 0 Å². The fourth-order valence-corrected chi connectivity index (χ4v) is 7.33. The predicted molar refractivity (Wildman–Crippen MR) is 58.1 cm³/mol. The lowest BCUT2D eigenvalue weighted by atomic mass is 10.3. The van der Waals surface area contributed by atoms with Crippen LogP contribution in [0.2, 0.25) is 0 Å². The number of rotatable bonds is 5. The van der Waals surface area contributed by atoms with Crippen molar-refractivity contribution in [2.75, 3.05) is 0 Å². The lowest BCUT2D eigenvalue weighted by Crippen LogP contribution is -2.59. The molecule has 22 heteroatoms. The molecule has 0 aliphatic rings. The maximum absolute atomic E-state index is 13.2. The summed E-state index contributed by atoms with van der Waals surface area (Å²) in [6.45, 7) is 0. The second kappa shape index (κ2) is 6.47. The van der Waals surface area contributed by atoms with Crippen LogP contribution in [0.4, 0.5) is 57.1 Å². The van der Waals surface area contributed by atoms with Gasteiger partial charge in [-0.2, -0.15) is 57.1 Å². The Morgan fingerprint density at radius 3 is 0.893 bits per heavy atom. The zero-order valence-electron chi connectivity index (χ0n) is 11.6. The molecule has 0 bridgehead atoms. The van der Waals surface area contributed by atoms with Gasteiger partial charge in [-0.1, -0.05) is 0 Å². The van der Waals surface area contributed by atoms with Crippen molar-refractivity contribution < 1.29 is 82.3 Å². The third-order valence-electron chi connectivity index (χ3n) is 2.33. The lowest BCUT2D eigenvalue weighted by Gasteiger charge is -2.37. The molecule has 0 saturated heterocycles. The van der Waals surface area contributed by atoms with E-state index in [4.69, 9.17) is 0 Å². The van der Waals surface area contributed by atoms with Gasteiger partial charge in [0, 0.05) is 0 Å². The average molecular weight is 511 g/mol. The smallest absolute Gasteiger partial charge is 0.254 e. The Bertz CT molecular complexity index is 873. The van der Waals surface area contributed by atoms with Crippen molar-refractivity contribution in [2.45, 2.75) is 28.4 Å². The van der Waals surface area contributed by atoms with Gasteiger partial charge in [0.25, 0.3) is 0 Å². The molecule has 0 aromatic heterocycles. The van der Waals surface area contributed by atoms with Gasteiger partial charge in [0.2, 0.25) is 0 Å². The van der Waals surface area contributed by atoms with Crippen molar-refractivity contribution in [1.82, 2.24) is 0 Å². The minimum absolute atomic E-state index is 5.35. The number of hydrogen-bond donors (Lipinski definition) is 0. The van der Waals surface area contributed by atoms with Crippen LogP contribution in [-0.2, 0) is 29.5 Å². The fraction of sp³-hybridized carbons (Fsp3) is 0.833. The van der Waals surface area contributed by atoms with Gasteiger partial charge in [-0.05, 0) is 0 Å². The van der Waals surface area contributed by atoms with Crippen LogP contribution in [0, 0.1) is 3.91 Å². The van der Waals surface area contributed by atoms with Gasteiger partial charge in [-0.15, -0.1) is 0 Å². The molecule has 0 saturated carbocycles. The topological polar surface area (TPSA) is 102 Å². The van der Waals surface area contributed by atoms with Crippen LogP contribution in [-0.4, -0.2) is 53.6 Å². The van der Waals surface area contributed by atoms with Crippen molar-refractivity contribution in [2.24, 2.45) is 0 Å². The molecule has 0 aromatic carbocycles. The number of alkyl halides is 13. The molecule has 0 rings (SSSR count).